The van der Waals surface area contributed by atoms with E-state index >= 15 is 0 Å². The van der Waals surface area contributed by atoms with E-state index in [-0.39, 0.29) is 5.03 Å². The normalized spacial score (nSPS) is 14.4. The van der Waals surface area contributed by atoms with Crippen LogP contribution in [0.5, 0.6) is 0 Å². The molecule has 112 valence electrons. The topological polar surface area (TPSA) is 76.0 Å². The lowest BCUT2D eigenvalue weighted by atomic mass is 10.0. The number of fused-ring (bicyclic) bond motifs is 1. The molecular weight excluding hydrogens is 288 g/mol. The van der Waals surface area contributed by atoms with Crippen LogP contribution in [0.15, 0.2) is 29.4 Å². The Labute approximate surface area is 124 Å². The molecule has 0 saturated heterocycles. The lowest BCUT2D eigenvalue weighted by Crippen LogP contribution is -2.15. The van der Waals surface area contributed by atoms with E-state index in [9.17, 15) is 8.42 Å². The zero-order chi connectivity index (χ0) is 15.0. The Morgan fingerprint density at radius 1 is 1.38 bits per heavy atom. The Balaban J connectivity index is 1.88. The Kier molecular flexibility index (Phi) is 3.36. The number of benzene rings is 1. The van der Waals surface area contributed by atoms with Gasteiger partial charge in [0.05, 0.1) is 5.69 Å². The molecule has 0 spiro atoms. The average molecular weight is 306 g/mol. The van der Waals surface area contributed by atoms with Crippen molar-refractivity contribution >= 4 is 21.4 Å². The van der Waals surface area contributed by atoms with E-state index in [1.54, 1.807) is 24.6 Å². The average Bonchev–Trinajstić information content (AvgIpc) is 2.79. The number of anilines is 2. The summed E-state index contributed by atoms with van der Waals surface area (Å²) in [5, 5.41) is 3.32. The number of rotatable bonds is 3. The Morgan fingerprint density at radius 2 is 2.19 bits per heavy atom. The van der Waals surface area contributed by atoms with E-state index in [0.717, 1.165) is 25.1 Å². The summed E-state index contributed by atoms with van der Waals surface area (Å²) in [5.41, 5.74) is 2.77. The minimum absolute atomic E-state index is 0.0354. The summed E-state index contributed by atoms with van der Waals surface area (Å²) in [6.45, 7) is 2.68. The summed E-state index contributed by atoms with van der Waals surface area (Å²) in [7, 11) is -1.88. The summed E-state index contributed by atoms with van der Waals surface area (Å²) >= 11 is 0. The summed E-state index contributed by atoms with van der Waals surface area (Å²) in [6, 6.07) is 5.59. The number of aromatic nitrogens is 2. The number of hydrogen-bond donors (Lipinski definition) is 2. The Hall–Kier alpha value is -2.02. The molecule has 2 aromatic rings. The highest BCUT2D eigenvalue weighted by atomic mass is 32.2. The number of sulfonamides is 1. The lowest BCUT2D eigenvalue weighted by Gasteiger charge is -2.18. The van der Waals surface area contributed by atoms with Gasteiger partial charge in [-0.1, -0.05) is 6.07 Å². The van der Waals surface area contributed by atoms with Gasteiger partial charge in [0.1, 0.15) is 5.82 Å². The molecule has 2 N–H and O–H groups in total. The van der Waals surface area contributed by atoms with E-state index in [1.165, 1.54) is 11.8 Å². The van der Waals surface area contributed by atoms with E-state index in [4.69, 9.17) is 0 Å². The third-order valence-electron chi connectivity index (χ3n) is 3.66. The van der Waals surface area contributed by atoms with Crippen molar-refractivity contribution in [3.8, 4) is 0 Å². The van der Waals surface area contributed by atoms with Gasteiger partial charge in [-0.15, -0.1) is 0 Å². The molecule has 3 rings (SSSR count). The van der Waals surface area contributed by atoms with Gasteiger partial charge in [0.25, 0.3) is 10.0 Å². The minimum atomic E-state index is -3.65. The fourth-order valence-electron chi connectivity index (χ4n) is 2.39. The Bertz CT molecular complexity index is 761. The van der Waals surface area contributed by atoms with Crippen molar-refractivity contribution in [2.45, 2.75) is 24.8 Å². The molecule has 7 heteroatoms. The van der Waals surface area contributed by atoms with Crippen LogP contribution in [0.4, 0.5) is 11.4 Å². The van der Waals surface area contributed by atoms with Crippen LogP contribution in [-0.4, -0.2) is 24.5 Å². The van der Waals surface area contributed by atoms with Crippen LogP contribution in [0.2, 0.25) is 0 Å². The molecule has 1 aliphatic heterocycles. The fourth-order valence-corrected chi connectivity index (χ4v) is 3.48. The molecule has 0 amide bonds. The van der Waals surface area contributed by atoms with Gasteiger partial charge in [0.2, 0.25) is 0 Å². The zero-order valence-corrected chi connectivity index (χ0v) is 12.9. The summed E-state index contributed by atoms with van der Waals surface area (Å²) in [4.78, 5) is 4.06. The van der Waals surface area contributed by atoms with Crippen molar-refractivity contribution in [2.24, 2.45) is 7.05 Å². The van der Waals surface area contributed by atoms with E-state index in [1.807, 2.05) is 12.1 Å². The van der Waals surface area contributed by atoms with Crippen molar-refractivity contribution in [3.63, 3.8) is 0 Å². The predicted molar refractivity (Wildman–Crippen MR) is 82.0 cm³/mol. The third kappa shape index (κ3) is 2.73. The van der Waals surface area contributed by atoms with Crippen LogP contribution in [0.25, 0.3) is 0 Å². The van der Waals surface area contributed by atoms with Crippen molar-refractivity contribution in [1.82, 2.24) is 9.55 Å². The van der Waals surface area contributed by atoms with Gasteiger partial charge in [0.15, 0.2) is 5.03 Å². The molecule has 1 aliphatic rings. The van der Waals surface area contributed by atoms with Crippen LogP contribution in [0, 0.1) is 6.92 Å². The maximum absolute atomic E-state index is 12.3. The van der Waals surface area contributed by atoms with Gasteiger partial charge in [0, 0.05) is 25.5 Å². The molecule has 0 radical (unpaired) electrons. The summed E-state index contributed by atoms with van der Waals surface area (Å²) < 4.78 is 28.9. The molecule has 1 aromatic carbocycles. The van der Waals surface area contributed by atoms with Crippen molar-refractivity contribution in [2.75, 3.05) is 16.6 Å². The van der Waals surface area contributed by atoms with E-state index in [0.29, 0.717) is 11.5 Å². The maximum atomic E-state index is 12.3. The minimum Gasteiger partial charge on any atom is -0.385 e. The van der Waals surface area contributed by atoms with Gasteiger partial charge in [-0.3, -0.25) is 4.72 Å². The SMILES string of the molecule is Cc1nc(S(=O)(=O)Nc2ccc3c(c2)NCCC3)cn1C. The molecule has 0 fully saturated rings. The molecular formula is C14H18N4O2S. The van der Waals surface area contributed by atoms with Crippen molar-refractivity contribution in [1.29, 1.82) is 0 Å². The first-order valence-corrected chi connectivity index (χ1v) is 8.33. The quantitative estimate of drug-likeness (QED) is 0.908. The third-order valence-corrected chi connectivity index (χ3v) is 4.91. The molecule has 6 nitrogen and oxygen atoms in total. The van der Waals surface area contributed by atoms with Crippen LogP contribution in [-0.2, 0) is 23.5 Å². The predicted octanol–water partition coefficient (Wildman–Crippen LogP) is 1.89. The monoisotopic (exact) mass is 306 g/mol. The second-order valence-electron chi connectivity index (χ2n) is 5.25. The largest absolute Gasteiger partial charge is 0.385 e. The zero-order valence-electron chi connectivity index (χ0n) is 12.0. The van der Waals surface area contributed by atoms with Crippen molar-refractivity contribution < 1.29 is 8.42 Å². The first kappa shape index (κ1) is 13.9. The molecule has 0 unspecified atom stereocenters. The van der Waals surface area contributed by atoms with E-state index in [2.05, 4.69) is 15.0 Å². The number of imidazole rings is 1. The van der Waals surface area contributed by atoms with Crippen LogP contribution < -0.4 is 10.0 Å². The van der Waals surface area contributed by atoms with E-state index < -0.39 is 10.0 Å². The number of aryl methyl sites for hydroxylation is 3. The Morgan fingerprint density at radius 3 is 2.90 bits per heavy atom. The standard InChI is InChI=1S/C14H18N4O2S/c1-10-16-14(9-18(10)2)21(19,20)17-12-6-5-11-4-3-7-15-13(11)8-12/h5-6,8-9,15,17H,3-4,7H2,1-2H3. The molecule has 0 saturated carbocycles. The number of nitrogens with zero attached hydrogens (tertiary/aromatic N) is 2. The molecule has 0 atom stereocenters. The molecule has 0 aliphatic carbocycles. The maximum Gasteiger partial charge on any atom is 0.280 e. The van der Waals surface area contributed by atoms with Gasteiger partial charge < -0.3 is 9.88 Å². The smallest absolute Gasteiger partial charge is 0.280 e. The number of nitrogens with one attached hydrogen (secondary N) is 2. The van der Waals surface area contributed by atoms with Crippen LogP contribution >= 0.6 is 0 Å². The van der Waals surface area contributed by atoms with Crippen LogP contribution in [0.3, 0.4) is 0 Å². The lowest BCUT2D eigenvalue weighted by molar-refractivity contribution is 0.598. The molecule has 21 heavy (non-hydrogen) atoms. The molecule has 0 bridgehead atoms. The molecule has 2 heterocycles. The second-order valence-corrected chi connectivity index (χ2v) is 6.87. The van der Waals surface area contributed by atoms with Gasteiger partial charge >= 0.3 is 0 Å². The van der Waals surface area contributed by atoms with Gasteiger partial charge in [-0.05, 0) is 37.5 Å². The van der Waals surface area contributed by atoms with Crippen LogP contribution in [0.1, 0.15) is 17.8 Å². The van der Waals surface area contributed by atoms with Gasteiger partial charge in [-0.2, -0.15) is 8.42 Å². The highest BCUT2D eigenvalue weighted by molar-refractivity contribution is 7.92. The molecule has 1 aromatic heterocycles. The summed E-state index contributed by atoms with van der Waals surface area (Å²) in [6.07, 6.45) is 3.63. The highest BCUT2D eigenvalue weighted by Crippen LogP contribution is 2.26. The highest BCUT2D eigenvalue weighted by Gasteiger charge is 2.19. The first-order valence-electron chi connectivity index (χ1n) is 6.85. The summed E-state index contributed by atoms with van der Waals surface area (Å²) in [5.74, 6) is 0.655. The second kappa shape index (κ2) is 5.07. The first-order chi connectivity index (χ1) is 9.95. The van der Waals surface area contributed by atoms with Crippen molar-refractivity contribution in [3.05, 3.63) is 35.8 Å². The number of hydrogen-bond acceptors (Lipinski definition) is 4. The van der Waals surface area contributed by atoms with Gasteiger partial charge in [-0.25, -0.2) is 4.98 Å². The fraction of sp³-hybridized carbons (Fsp3) is 0.357.